The summed E-state index contributed by atoms with van der Waals surface area (Å²) < 4.78 is 13.4. The third kappa shape index (κ3) is 5.35. The number of hydrogen-bond donors (Lipinski definition) is 2. The lowest BCUT2D eigenvalue weighted by Gasteiger charge is -2.25. The van der Waals surface area contributed by atoms with Crippen molar-refractivity contribution < 1.29 is 9.50 Å². The van der Waals surface area contributed by atoms with E-state index in [0.717, 1.165) is 54.6 Å². The van der Waals surface area contributed by atoms with Crippen molar-refractivity contribution in [2.75, 3.05) is 5.32 Å². The third-order valence-corrected chi connectivity index (χ3v) is 5.91. The second kappa shape index (κ2) is 9.54. The molecule has 0 unspecified atom stereocenters. The van der Waals surface area contributed by atoms with Crippen molar-refractivity contribution in [2.45, 2.75) is 44.8 Å². The van der Waals surface area contributed by atoms with E-state index >= 15 is 0 Å². The van der Waals surface area contributed by atoms with Crippen LogP contribution in [0.3, 0.4) is 0 Å². The molecule has 1 aliphatic rings. The first-order valence-electron chi connectivity index (χ1n) is 10.3. The van der Waals surface area contributed by atoms with E-state index in [9.17, 15) is 9.50 Å². The Morgan fingerprint density at radius 1 is 1.07 bits per heavy atom. The predicted octanol–water partition coefficient (Wildman–Crippen LogP) is 5.64. The maximum Gasteiger partial charge on any atom is 0.126 e. The second-order valence-corrected chi connectivity index (χ2v) is 8.33. The average molecular weight is 426 g/mol. The van der Waals surface area contributed by atoms with Crippen LogP contribution in [0.4, 0.5) is 10.2 Å². The van der Waals surface area contributed by atoms with Gasteiger partial charge in [-0.3, -0.25) is 4.98 Å². The summed E-state index contributed by atoms with van der Waals surface area (Å²) in [5, 5.41) is 13.5. The van der Waals surface area contributed by atoms with Gasteiger partial charge in [0.1, 0.15) is 11.6 Å². The van der Waals surface area contributed by atoms with Gasteiger partial charge in [0.15, 0.2) is 0 Å². The highest BCUT2D eigenvalue weighted by Crippen LogP contribution is 2.31. The summed E-state index contributed by atoms with van der Waals surface area (Å²) in [6.45, 7) is 0.483. The molecule has 156 valence electrons. The number of rotatable bonds is 6. The van der Waals surface area contributed by atoms with Crippen molar-refractivity contribution in [1.29, 1.82) is 0 Å². The molecular formula is C24H25ClFN3O. The minimum Gasteiger partial charge on any atom is -0.393 e. The van der Waals surface area contributed by atoms with Gasteiger partial charge >= 0.3 is 0 Å². The number of pyridine rings is 2. The van der Waals surface area contributed by atoms with Crippen LogP contribution in [0, 0.1) is 11.7 Å². The summed E-state index contributed by atoms with van der Waals surface area (Å²) in [5.74, 6) is 0.995. The Kier molecular flexibility index (Phi) is 6.60. The molecule has 0 radical (unpaired) electrons. The van der Waals surface area contributed by atoms with Crippen molar-refractivity contribution >= 4 is 17.4 Å². The van der Waals surface area contributed by atoms with E-state index in [2.05, 4.69) is 15.3 Å². The van der Waals surface area contributed by atoms with Crippen LogP contribution in [0.25, 0.3) is 11.3 Å². The van der Waals surface area contributed by atoms with E-state index in [1.54, 1.807) is 12.3 Å². The summed E-state index contributed by atoms with van der Waals surface area (Å²) >= 11 is 6.44. The predicted molar refractivity (Wildman–Crippen MR) is 118 cm³/mol. The van der Waals surface area contributed by atoms with Gasteiger partial charge in [-0.1, -0.05) is 29.8 Å². The number of aromatic nitrogens is 2. The van der Waals surface area contributed by atoms with Gasteiger partial charge in [0.05, 0.1) is 16.8 Å². The number of hydrogen-bond acceptors (Lipinski definition) is 4. The van der Waals surface area contributed by atoms with Crippen molar-refractivity contribution in [2.24, 2.45) is 5.92 Å². The number of nitrogens with one attached hydrogen (secondary N) is 1. The molecule has 2 aromatic heterocycles. The van der Waals surface area contributed by atoms with Crippen LogP contribution in [0.5, 0.6) is 0 Å². The fraction of sp³-hybridized carbons (Fsp3) is 0.333. The van der Waals surface area contributed by atoms with E-state index < -0.39 is 0 Å². The Labute approximate surface area is 181 Å². The van der Waals surface area contributed by atoms with Gasteiger partial charge in [-0.15, -0.1) is 0 Å². The molecule has 3 aromatic rings. The quantitative estimate of drug-likeness (QED) is 0.536. The standard InChI is InChI=1S/C24H25ClFN3O/c25-22-15-27-19(12-16-7-9-20(30)10-8-16)13-21(22)23-5-2-6-24(29-23)28-14-17-3-1-4-18(26)11-17/h1-6,11,13,15-16,20,30H,7-10,12,14H2,(H,28,29). The number of halogens is 2. The highest BCUT2D eigenvalue weighted by atomic mass is 35.5. The molecule has 0 spiro atoms. The molecule has 1 aromatic carbocycles. The van der Waals surface area contributed by atoms with Crippen LogP contribution >= 0.6 is 11.6 Å². The van der Waals surface area contributed by atoms with E-state index in [0.29, 0.717) is 23.3 Å². The van der Waals surface area contributed by atoms with Gasteiger partial charge in [0, 0.05) is 24.0 Å². The topological polar surface area (TPSA) is 58.0 Å². The monoisotopic (exact) mass is 425 g/mol. The van der Waals surface area contributed by atoms with Crippen LogP contribution in [-0.2, 0) is 13.0 Å². The second-order valence-electron chi connectivity index (χ2n) is 7.93. The van der Waals surface area contributed by atoms with Crippen molar-refractivity contribution in [3.63, 3.8) is 0 Å². The molecule has 0 amide bonds. The average Bonchev–Trinajstić information content (AvgIpc) is 2.75. The largest absolute Gasteiger partial charge is 0.393 e. The molecule has 1 saturated carbocycles. The van der Waals surface area contributed by atoms with Crippen molar-refractivity contribution in [3.8, 4) is 11.3 Å². The van der Waals surface area contributed by atoms with E-state index in [1.165, 1.54) is 12.1 Å². The smallest absolute Gasteiger partial charge is 0.126 e. The van der Waals surface area contributed by atoms with Gasteiger partial charge in [0.2, 0.25) is 0 Å². The molecule has 2 N–H and O–H groups in total. The molecule has 30 heavy (non-hydrogen) atoms. The molecule has 1 fully saturated rings. The Morgan fingerprint density at radius 3 is 2.67 bits per heavy atom. The van der Waals surface area contributed by atoms with Crippen LogP contribution in [-0.4, -0.2) is 21.2 Å². The number of aliphatic hydroxyl groups is 1. The zero-order valence-corrected chi connectivity index (χ0v) is 17.4. The lowest BCUT2D eigenvalue weighted by molar-refractivity contribution is 0.108. The zero-order chi connectivity index (χ0) is 20.9. The third-order valence-electron chi connectivity index (χ3n) is 5.61. The molecule has 1 aliphatic carbocycles. The summed E-state index contributed by atoms with van der Waals surface area (Å²) in [7, 11) is 0. The Balaban J connectivity index is 1.48. The molecule has 4 rings (SSSR count). The van der Waals surface area contributed by atoms with Crippen molar-refractivity contribution in [1.82, 2.24) is 9.97 Å². The van der Waals surface area contributed by atoms with Crippen LogP contribution in [0.15, 0.2) is 54.7 Å². The van der Waals surface area contributed by atoms with Gasteiger partial charge in [-0.2, -0.15) is 0 Å². The van der Waals surface area contributed by atoms with Gasteiger partial charge < -0.3 is 10.4 Å². The minimum absolute atomic E-state index is 0.151. The molecule has 2 heterocycles. The van der Waals surface area contributed by atoms with Crippen LogP contribution < -0.4 is 5.32 Å². The molecule has 0 saturated heterocycles. The number of aliphatic hydroxyl groups excluding tert-OH is 1. The van der Waals surface area contributed by atoms with Crippen LogP contribution in [0.1, 0.15) is 36.9 Å². The first kappa shape index (κ1) is 20.8. The Morgan fingerprint density at radius 2 is 1.87 bits per heavy atom. The van der Waals surface area contributed by atoms with Crippen LogP contribution in [0.2, 0.25) is 5.02 Å². The van der Waals surface area contributed by atoms with E-state index in [1.807, 2.05) is 30.3 Å². The summed E-state index contributed by atoms with van der Waals surface area (Å²) in [6.07, 6.45) is 6.21. The van der Waals surface area contributed by atoms with E-state index in [4.69, 9.17) is 11.6 Å². The highest BCUT2D eigenvalue weighted by molar-refractivity contribution is 6.33. The SMILES string of the molecule is OC1CCC(Cc2cc(-c3cccc(NCc4cccc(F)c4)n3)c(Cl)cn2)CC1. The summed E-state index contributed by atoms with van der Waals surface area (Å²) in [6, 6.07) is 14.3. The number of nitrogens with zero attached hydrogens (tertiary/aromatic N) is 2. The van der Waals surface area contributed by atoms with Gasteiger partial charge in [-0.25, -0.2) is 9.37 Å². The highest BCUT2D eigenvalue weighted by Gasteiger charge is 2.20. The van der Waals surface area contributed by atoms with E-state index in [-0.39, 0.29) is 11.9 Å². The maximum atomic E-state index is 13.4. The van der Waals surface area contributed by atoms with Gasteiger partial charge in [0.25, 0.3) is 0 Å². The van der Waals surface area contributed by atoms with Gasteiger partial charge in [-0.05, 0) is 73.9 Å². The Hall–Kier alpha value is -2.50. The Bertz CT molecular complexity index is 1010. The minimum atomic E-state index is -0.250. The molecular weight excluding hydrogens is 401 g/mol. The lowest BCUT2D eigenvalue weighted by Crippen LogP contribution is -2.19. The fourth-order valence-corrected chi connectivity index (χ4v) is 4.16. The molecule has 0 bridgehead atoms. The fourth-order valence-electron chi connectivity index (χ4n) is 3.96. The maximum absolute atomic E-state index is 13.4. The normalized spacial score (nSPS) is 18.9. The number of anilines is 1. The molecule has 0 aliphatic heterocycles. The lowest BCUT2D eigenvalue weighted by atomic mass is 9.84. The number of benzene rings is 1. The molecule has 6 heteroatoms. The van der Waals surface area contributed by atoms with Crippen molar-refractivity contribution in [3.05, 3.63) is 76.8 Å². The summed E-state index contributed by atoms with van der Waals surface area (Å²) in [4.78, 5) is 9.20. The zero-order valence-electron chi connectivity index (χ0n) is 16.7. The summed E-state index contributed by atoms with van der Waals surface area (Å²) in [5.41, 5.74) is 3.47. The molecule has 4 nitrogen and oxygen atoms in total. The first-order valence-corrected chi connectivity index (χ1v) is 10.7. The molecule has 0 atom stereocenters. The first-order chi connectivity index (χ1) is 14.6.